The second-order valence-corrected chi connectivity index (χ2v) is 6.40. The Morgan fingerprint density at radius 3 is 2.30 bits per heavy atom. The molecule has 0 aliphatic carbocycles. The zero-order valence-corrected chi connectivity index (χ0v) is 12.9. The van der Waals surface area contributed by atoms with Gasteiger partial charge >= 0.3 is 0 Å². The van der Waals surface area contributed by atoms with Crippen molar-refractivity contribution in [1.82, 2.24) is 9.80 Å². The van der Waals surface area contributed by atoms with Crippen molar-refractivity contribution < 1.29 is 0 Å². The van der Waals surface area contributed by atoms with Crippen molar-refractivity contribution in [2.75, 3.05) is 51.2 Å². The lowest BCUT2D eigenvalue weighted by Gasteiger charge is -2.42. The molecule has 20 heavy (non-hydrogen) atoms. The van der Waals surface area contributed by atoms with Crippen LogP contribution in [0.3, 0.4) is 0 Å². The lowest BCUT2D eigenvalue weighted by molar-refractivity contribution is 0.0982. The topological polar surface area (TPSA) is 9.72 Å². The number of likely N-dealkylation sites (N-methyl/N-ethyl adjacent to an activating group) is 1. The Balaban J connectivity index is 1.54. The monoisotopic (exact) mass is 273 g/mol. The molecule has 110 valence electrons. The van der Waals surface area contributed by atoms with E-state index in [1.165, 1.54) is 63.4 Å². The molecule has 2 fully saturated rings. The van der Waals surface area contributed by atoms with Crippen LogP contribution in [-0.2, 0) is 0 Å². The number of hydrogen-bond acceptors (Lipinski definition) is 3. The van der Waals surface area contributed by atoms with E-state index in [1.807, 2.05) is 0 Å². The van der Waals surface area contributed by atoms with Gasteiger partial charge in [0.2, 0.25) is 0 Å². The van der Waals surface area contributed by atoms with Gasteiger partial charge < -0.3 is 9.80 Å². The van der Waals surface area contributed by atoms with Gasteiger partial charge in [-0.15, -0.1) is 0 Å². The molecular weight excluding hydrogens is 246 g/mol. The van der Waals surface area contributed by atoms with Crippen molar-refractivity contribution in [3.8, 4) is 0 Å². The number of hydrogen-bond donors (Lipinski definition) is 0. The summed E-state index contributed by atoms with van der Waals surface area (Å²) in [4.78, 5) is 7.71. The number of rotatable bonds is 2. The van der Waals surface area contributed by atoms with Crippen molar-refractivity contribution in [1.29, 1.82) is 0 Å². The molecule has 0 bridgehead atoms. The van der Waals surface area contributed by atoms with Crippen molar-refractivity contribution >= 4 is 5.69 Å². The van der Waals surface area contributed by atoms with Crippen LogP contribution in [0.1, 0.15) is 18.4 Å². The van der Waals surface area contributed by atoms with E-state index >= 15 is 0 Å². The number of aryl methyl sites for hydroxylation is 1. The van der Waals surface area contributed by atoms with Crippen LogP contribution in [0.5, 0.6) is 0 Å². The number of piperazine rings is 1. The normalized spacial score (nSPS) is 23.2. The molecule has 0 atom stereocenters. The minimum atomic E-state index is 0.810. The van der Waals surface area contributed by atoms with Crippen molar-refractivity contribution in [2.24, 2.45) is 0 Å². The molecule has 2 saturated heterocycles. The van der Waals surface area contributed by atoms with E-state index in [-0.39, 0.29) is 0 Å². The van der Waals surface area contributed by atoms with E-state index in [1.54, 1.807) is 0 Å². The van der Waals surface area contributed by atoms with Crippen LogP contribution in [0.25, 0.3) is 0 Å². The highest BCUT2D eigenvalue weighted by Gasteiger charge is 2.26. The predicted molar refractivity (Wildman–Crippen MR) is 85.5 cm³/mol. The summed E-state index contributed by atoms with van der Waals surface area (Å²) in [5.74, 6) is 0. The Labute approximate surface area is 123 Å². The summed E-state index contributed by atoms with van der Waals surface area (Å²) in [6, 6.07) is 9.74. The van der Waals surface area contributed by atoms with Gasteiger partial charge in [0, 0.05) is 51.0 Å². The molecular formula is C17H27N3. The Morgan fingerprint density at radius 2 is 1.65 bits per heavy atom. The van der Waals surface area contributed by atoms with E-state index < -0.39 is 0 Å². The van der Waals surface area contributed by atoms with Gasteiger partial charge in [-0.3, -0.25) is 4.90 Å². The van der Waals surface area contributed by atoms with Crippen LogP contribution in [0.4, 0.5) is 5.69 Å². The largest absolute Gasteiger partial charge is 0.371 e. The fourth-order valence-corrected chi connectivity index (χ4v) is 3.50. The van der Waals surface area contributed by atoms with E-state index in [2.05, 4.69) is 52.9 Å². The predicted octanol–water partition coefficient (Wildman–Crippen LogP) is 2.21. The molecule has 2 heterocycles. The second-order valence-electron chi connectivity index (χ2n) is 6.40. The minimum Gasteiger partial charge on any atom is -0.371 e. The number of piperidine rings is 1. The third-order valence-corrected chi connectivity index (χ3v) is 4.89. The van der Waals surface area contributed by atoms with Crippen LogP contribution in [-0.4, -0.2) is 62.2 Å². The van der Waals surface area contributed by atoms with Crippen molar-refractivity contribution in [3.63, 3.8) is 0 Å². The summed E-state index contributed by atoms with van der Waals surface area (Å²) >= 11 is 0. The van der Waals surface area contributed by atoms with Crippen molar-refractivity contribution in [3.05, 3.63) is 29.8 Å². The molecule has 0 N–H and O–H groups in total. The van der Waals surface area contributed by atoms with Crippen molar-refractivity contribution in [2.45, 2.75) is 25.8 Å². The Bertz CT molecular complexity index is 430. The maximum atomic E-state index is 2.72. The molecule has 3 heteroatoms. The molecule has 0 aromatic heterocycles. The van der Waals surface area contributed by atoms with E-state index in [0.717, 1.165) is 6.04 Å². The average Bonchev–Trinajstić information content (AvgIpc) is 2.48. The van der Waals surface area contributed by atoms with Crippen LogP contribution < -0.4 is 4.90 Å². The van der Waals surface area contributed by atoms with E-state index in [0.29, 0.717) is 0 Å². The van der Waals surface area contributed by atoms with Gasteiger partial charge in [0.05, 0.1) is 0 Å². The van der Waals surface area contributed by atoms with Gasteiger partial charge in [0.1, 0.15) is 0 Å². The maximum absolute atomic E-state index is 2.72. The van der Waals surface area contributed by atoms with Crippen LogP contribution in [0.15, 0.2) is 24.3 Å². The summed E-state index contributed by atoms with van der Waals surface area (Å²) in [5, 5.41) is 0. The van der Waals surface area contributed by atoms with Gasteiger partial charge in [0.25, 0.3) is 0 Å². The molecule has 0 radical (unpaired) electrons. The molecule has 3 nitrogen and oxygen atoms in total. The summed E-state index contributed by atoms with van der Waals surface area (Å²) < 4.78 is 0. The third kappa shape index (κ3) is 3.15. The van der Waals surface area contributed by atoms with Gasteiger partial charge in [-0.1, -0.05) is 12.1 Å². The molecule has 0 unspecified atom stereocenters. The zero-order chi connectivity index (χ0) is 13.9. The highest BCUT2D eigenvalue weighted by Crippen LogP contribution is 2.23. The second kappa shape index (κ2) is 6.15. The average molecular weight is 273 g/mol. The summed E-state index contributed by atoms with van der Waals surface area (Å²) in [6.07, 6.45) is 2.63. The quantitative estimate of drug-likeness (QED) is 0.818. The van der Waals surface area contributed by atoms with E-state index in [9.17, 15) is 0 Å². The Hall–Kier alpha value is -1.06. The van der Waals surface area contributed by atoms with Gasteiger partial charge in [0.15, 0.2) is 0 Å². The van der Waals surface area contributed by atoms with Gasteiger partial charge in [-0.05, 0) is 44.5 Å². The number of benzene rings is 1. The highest BCUT2D eigenvalue weighted by molar-refractivity contribution is 5.48. The molecule has 1 aromatic carbocycles. The first-order valence-corrected chi connectivity index (χ1v) is 7.96. The van der Waals surface area contributed by atoms with Crippen LogP contribution in [0, 0.1) is 6.92 Å². The first-order valence-electron chi connectivity index (χ1n) is 7.96. The maximum Gasteiger partial charge on any atom is 0.0368 e. The third-order valence-electron chi connectivity index (χ3n) is 4.89. The zero-order valence-electron chi connectivity index (χ0n) is 12.9. The number of nitrogens with zero attached hydrogens (tertiary/aromatic N) is 3. The Morgan fingerprint density at radius 1 is 0.950 bits per heavy atom. The fourth-order valence-electron chi connectivity index (χ4n) is 3.50. The fraction of sp³-hybridized carbons (Fsp3) is 0.647. The summed E-state index contributed by atoms with van der Waals surface area (Å²) in [7, 11) is 2.23. The van der Waals surface area contributed by atoms with E-state index in [4.69, 9.17) is 0 Å². The van der Waals surface area contributed by atoms with Gasteiger partial charge in [-0.2, -0.15) is 0 Å². The molecule has 0 amide bonds. The van der Waals surface area contributed by atoms with Crippen LogP contribution >= 0.6 is 0 Å². The summed E-state index contributed by atoms with van der Waals surface area (Å²) in [5.41, 5.74) is 2.77. The standard InChI is InChI=1S/C17H27N3/c1-15-4-3-5-17(14-15)19-8-6-16(7-9-19)20-12-10-18(2)11-13-20/h3-5,14,16H,6-13H2,1-2H3. The molecule has 3 rings (SSSR count). The molecule has 0 saturated carbocycles. The SMILES string of the molecule is Cc1cccc(N2CCC(N3CCN(C)CC3)CC2)c1. The number of anilines is 1. The molecule has 0 spiro atoms. The van der Waals surface area contributed by atoms with Crippen LogP contribution in [0.2, 0.25) is 0 Å². The molecule has 2 aliphatic rings. The molecule has 1 aromatic rings. The first-order chi connectivity index (χ1) is 9.72. The first kappa shape index (κ1) is 13.9. The lowest BCUT2D eigenvalue weighted by atomic mass is 10.0. The highest BCUT2D eigenvalue weighted by atomic mass is 15.3. The van der Waals surface area contributed by atoms with Gasteiger partial charge in [-0.25, -0.2) is 0 Å². The lowest BCUT2D eigenvalue weighted by Crippen LogP contribution is -2.52. The molecule has 2 aliphatic heterocycles. The smallest absolute Gasteiger partial charge is 0.0368 e. The Kier molecular flexibility index (Phi) is 4.27. The minimum absolute atomic E-state index is 0.810. The summed E-state index contributed by atoms with van der Waals surface area (Å²) in [6.45, 7) is 9.58.